The fourth-order valence-corrected chi connectivity index (χ4v) is 4.69. The Morgan fingerprint density at radius 2 is 1.84 bits per heavy atom. The van der Waals surface area contributed by atoms with Crippen molar-refractivity contribution in [3.8, 4) is 5.75 Å². The van der Waals surface area contributed by atoms with Crippen molar-refractivity contribution in [1.29, 1.82) is 0 Å². The summed E-state index contributed by atoms with van der Waals surface area (Å²) in [5.41, 5.74) is 2.95. The van der Waals surface area contributed by atoms with E-state index in [4.69, 9.17) is 27.9 Å². The average molecular weight is 470 g/mol. The van der Waals surface area contributed by atoms with Gasteiger partial charge in [-0.2, -0.15) is 0 Å². The van der Waals surface area contributed by atoms with Crippen LogP contribution in [0, 0.1) is 5.92 Å². The SMILES string of the molecule is O=C(O)C1CCCN(C(c2cccc(OCc3ccccc3)c2)c2cccc(Cl)c2Cl)C1. The quantitative estimate of drug-likeness (QED) is 0.431. The molecule has 1 saturated heterocycles. The first-order valence-corrected chi connectivity index (χ1v) is 11.5. The third-order valence-corrected chi connectivity index (χ3v) is 6.70. The number of aliphatic carboxylic acids is 1. The second kappa shape index (κ2) is 10.4. The van der Waals surface area contributed by atoms with Gasteiger partial charge in [-0.3, -0.25) is 9.69 Å². The Hall–Kier alpha value is -2.53. The maximum Gasteiger partial charge on any atom is 0.307 e. The third-order valence-electron chi connectivity index (χ3n) is 5.87. The van der Waals surface area contributed by atoms with E-state index in [1.165, 1.54) is 0 Å². The van der Waals surface area contributed by atoms with E-state index in [2.05, 4.69) is 4.90 Å². The molecule has 4 rings (SSSR count). The van der Waals surface area contributed by atoms with E-state index in [1.807, 2.05) is 66.7 Å². The van der Waals surface area contributed by atoms with Gasteiger partial charge in [0.2, 0.25) is 0 Å². The van der Waals surface area contributed by atoms with Gasteiger partial charge < -0.3 is 9.84 Å². The molecule has 1 N–H and O–H groups in total. The standard InChI is InChI=1S/C26H25Cl2NO3/c27-23-13-5-12-22(24(23)28)25(29-14-6-10-20(16-29)26(30)31)19-9-4-11-21(15-19)32-17-18-7-2-1-3-8-18/h1-5,7-9,11-13,15,20,25H,6,10,14,16-17H2,(H,30,31). The Balaban J connectivity index is 1.67. The fraction of sp³-hybridized carbons (Fsp3) is 0.269. The predicted octanol–water partition coefficient (Wildman–Crippen LogP) is 6.46. The number of benzene rings is 3. The third kappa shape index (κ3) is 5.26. The lowest BCUT2D eigenvalue weighted by atomic mass is 9.91. The largest absolute Gasteiger partial charge is 0.489 e. The van der Waals surface area contributed by atoms with Crippen LogP contribution in [0.15, 0.2) is 72.8 Å². The smallest absolute Gasteiger partial charge is 0.307 e. The molecule has 0 saturated carbocycles. The van der Waals surface area contributed by atoms with Crippen molar-refractivity contribution in [2.24, 2.45) is 5.92 Å². The number of nitrogens with zero attached hydrogens (tertiary/aromatic N) is 1. The molecule has 1 aliphatic rings. The minimum atomic E-state index is -0.759. The summed E-state index contributed by atoms with van der Waals surface area (Å²) < 4.78 is 6.05. The highest BCUT2D eigenvalue weighted by atomic mass is 35.5. The normalized spacial score (nSPS) is 17.6. The minimum Gasteiger partial charge on any atom is -0.489 e. The van der Waals surface area contributed by atoms with Gasteiger partial charge in [0, 0.05) is 6.54 Å². The van der Waals surface area contributed by atoms with E-state index in [0.29, 0.717) is 29.6 Å². The topological polar surface area (TPSA) is 49.8 Å². The molecule has 166 valence electrons. The van der Waals surface area contributed by atoms with Crippen molar-refractivity contribution in [3.05, 3.63) is 99.5 Å². The van der Waals surface area contributed by atoms with Crippen molar-refractivity contribution in [2.75, 3.05) is 13.1 Å². The van der Waals surface area contributed by atoms with E-state index in [1.54, 1.807) is 6.07 Å². The Morgan fingerprint density at radius 3 is 2.62 bits per heavy atom. The van der Waals surface area contributed by atoms with Crippen LogP contribution in [0.4, 0.5) is 0 Å². The van der Waals surface area contributed by atoms with Gasteiger partial charge in [0.05, 0.1) is 22.0 Å². The molecular weight excluding hydrogens is 445 g/mol. The summed E-state index contributed by atoms with van der Waals surface area (Å²) in [7, 11) is 0. The van der Waals surface area contributed by atoms with Crippen LogP contribution in [0.3, 0.4) is 0 Å². The average Bonchev–Trinajstić information content (AvgIpc) is 2.82. The number of carbonyl (C=O) groups is 1. The van der Waals surface area contributed by atoms with E-state index in [-0.39, 0.29) is 6.04 Å². The summed E-state index contributed by atoms with van der Waals surface area (Å²) in [5, 5.41) is 10.6. The predicted molar refractivity (Wildman–Crippen MR) is 127 cm³/mol. The van der Waals surface area contributed by atoms with Crippen LogP contribution in [-0.4, -0.2) is 29.1 Å². The molecule has 0 radical (unpaired) electrons. The van der Waals surface area contributed by atoms with E-state index < -0.39 is 11.9 Å². The molecule has 2 atom stereocenters. The summed E-state index contributed by atoms with van der Waals surface area (Å²) in [6.45, 7) is 1.71. The van der Waals surface area contributed by atoms with Crippen LogP contribution >= 0.6 is 23.2 Å². The maximum atomic E-state index is 11.7. The first-order valence-electron chi connectivity index (χ1n) is 10.7. The molecule has 1 heterocycles. The number of carboxylic acids is 1. The monoisotopic (exact) mass is 469 g/mol. The summed E-state index contributed by atoms with van der Waals surface area (Å²) in [6.07, 6.45) is 1.50. The minimum absolute atomic E-state index is 0.219. The Bertz CT molecular complexity index is 1070. The van der Waals surface area contributed by atoms with E-state index >= 15 is 0 Å². The molecule has 0 bridgehead atoms. The number of ether oxygens (including phenoxy) is 1. The molecule has 0 spiro atoms. The fourth-order valence-electron chi connectivity index (χ4n) is 4.28. The maximum absolute atomic E-state index is 11.7. The van der Waals surface area contributed by atoms with Crippen LogP contribution < -0.4 is 4.74 Å². The highest BCUT2D eigenvalue weighted by Gasteiger charge is 2.32. The Labute approximate surface area is 198 Å². The van der Waals surface area contributed by atoms with Gasteiger partial charge in [-0.1, -0.05) is 77.8 Å². The number of halogens is 2. The zero-order chi connectivity index (χ0) is 22.5. The Kier molecular flexibility index (Phi) is 7.36. The van der Waals surface area contributed by atoms with Crippen LogP contribution in [0.5, 0.6) is 5.75 Å². The van der Waals surface area contributed by atoms with Gasteiger partial charge in [-0.05, 0) is 54.3 Å². The number of piperidine rings is 1. The number of likely N-dealkylation sites (tertiary alicyclic amines) is 1. The van der Waals surface area contributed by atoms with E-state index in [9.17, 15) is 9.90 Å². The van der Waals surface area contributed by atoms with Crippen molar-refractivity contribution in [2.45, 2.75) is 25.5 Å². The lowest BCUT2D eigenvalue weighted by Gasteiger charge is -2.38. The highest BCUT2D eigenvalue weighted by molar-refractivity contribution is 6.42. The van der Waals surface area contributed by atoms with Gasteiger partial charge in [-0.15, -0.1) is 0 Å². The zero-order valence-corrected chi connectivity index (χ0v) is 19.1. The molecule has 0 aromatic heterocycles. The number of rotatable bonds is 7. The first kappa shape index (κ1) is 22.7. The molecule has 0 amide bonds. The van der Waals surface area contributed by atoms with Gasteiger partial charge in [0.15, 0.2) is 0 Å². The molecule has 0 aliphatic carbocycles. The molecule has 1 fully saturated rings. The molecular formula is C26H25Cl2NO3. The van der Waals surface area contributed by atoms with Crippen molar-refractivity contribution >= 4 is 29.2 Å². The second-order valence-corrected chi connectivity index (χ2v) is 8.85. The summed E-state index contributed by atoms with van der Waals surface area (Å²) in [6, 6.07) is 23.3. The van der Waals surface area contributed by atoms with Crippen LogP contribution in [-0.2, 0) is 11.4 Å². The molecule has 6 heteroatoms. The van der Waals surface area contributed by atoms with Crippen molar-refractivity contribution < 1.29 is 14.6 Å². The molecule has 3 aromatic rings. The van der Waals surface area contributed by atoms with Crippen LogP contribution in [0.25, 0.3) is 0 Å². The van der Waals surface area contributed by atoms with Gasteiger partial charge in [0.25, 0.3) is 0 Å². The van der Waals surface area contributed by atoms with Gasteiger partial charge in [0.1, 0.15) is 12.4 Å². The first-order chi connectivity index (χ1) is 15.5. The van der Waals surface area contributed by atoms with Crippen molar-refractivity contribution in [1.82, 2.24) is 4.90 Å². The second-order valence-electron chi connectivity index (χ2n) is 8.06. The van der Waals surface area contributed by atoms with Crippen LogP contribution in [0.1, 0.15) is 35.6 Å². The lowest BCUT2D eigenvalue weighted by Crippen LogP contribution is -2.41. The molecule has 4 nitrogen and oxygen atoms in total. The van der Waals surface area contributed by atoms with Gasteiger partial charge in [-0.25, -0.2) is 0 Å². The molecule has 32 heavy (non-hydrogen) atoms. The van der Waals surface area contributed by atoms with Crippen LogP contribution in [0.2, 0.25) is 10.0 Å². The zero-order valence-electron chi connectivity index (χ0n) is 17.6. The number of hydrogen-bond acceptors (Lipinski definition) is 3. The Morgan fingerprint density at radius 1 is 1.06 bits per heavy atom. The highest BCUT2D eigenvalue weighted by Crippen LogP contribution is 2.39. The number of hydrogen-bond donors (Lipinski definition) is 1. The molecule has 3 aromatic carbocycles. The summed E-state index contributed by atoms with van der Waals surface area (Å²) in [5.74, 6) is -0.409. The van der Waals surface area contributed by atoms with Crippen molar-refractivity contribution in [3.63, 3.8) is 0 Å². The van der Waals surface area contributed by atoms with E-state index in [0.717, 1.165) is 35.4 Å². The molecule has 2 unspecified atom stereocenters. The lowest BCUT2D eigenvalue weighted by molar-refractivity contribution is -0.143. The van der Waals surface area contributed by atoms with Gasteiger partial charge >= 0.3 is 5.97 Å². The summed E-state index contributed by atoms with van der Waals surface area (Å²) in [4.78, 5) is 13.9. The number of carboxylic acid groups (broad SMARTS) is 1. The summed E-state index contributed by atoms with van der Waals surface area (Å²) >= 11 is 13.0. The molecule has 1 aliphatic heterocycles.